The number of anilines is 1. The van der Waals surface area contributed by atoms with Gasteiger partial charge in [0.2, 0.25) is 0 Å². The number of rotatable bonds is 4. The third-order valence-corrected chi connectivity index (χ3v) is 5.05. The van der Waals surface area contributed by atoms with Crippen molar-refractivity contribution in [3.63, 3.8) is 0 Å². The van der Waals surface area contributed by atoms with Crippen LogP contribution in [-0.2, 0) is 10.2 Å². The SMILES string of the molecule is O=C(O)c1cccc(Br)c1NS(=O)(=O)N1CCCC1. The molecule has 0 aliphatic carbocycles. The summed E-state index contributed by atoms with van der Waals surface area (Å²) in [5.41, 5.74) is -0.0287. The smallest absolute Gasteiger partial charge is 0.337 e. The number of carboxylic acids is 1. The van der Waals surface area contributed by atoms with E-state index in [9.17, 15) is 13.2 Å². The topological polar surface area (TPSA) is 86.7 Å². The third-order valence-electron chi connectivity index (χ3n) is 2.88. The van der Waals surface area contributed by atoms with Gasteiger partial charge in [0.1, 0.15) is 0 Å². The lowest BCUT2D eigenvalue weighted by atomic mass is 10.2. The summed E-state index contributed by atoms with van der Waals surface area (Å²) in [7, 11) is -3.70. The summed E-state index contributed by atoms with van der Waals surface area (Å²) < 4.78 is 28.3. The van der Waals surface area contributed by atoms with Gasteiger partial charge in [-0.2, -0.15) is 12.7 Å². The number of aromatic carboxylic acids is 1. The second-order valence-electron chi connectivity index (χ2n) is 4.18. The monoisotopic (exact) mass is 348 g/mol. The summed E-state index contributed by atoms with van der Waals surface area (Å²) in [5.74, 6) is -1.18. The second-order valence-corrected chi connectivity index (χ2v) is 6.71. The molecule has 1 saturated heterocycles. The molecular formula is C11H13BrN2O4S. The summed E-state index contributed by atoms with van der Waals surface area (Å²) >= 11 is 3.17. The number of nitrogens with one attached hydrogen (secondary N) is 1. The first-order valence-electron chi connectivity index (χ1n) is 5.71. The molecule has 1 aromatic carbocycles. The van der Waals surface area contributed by atoms with Crippen LogP contribution in [-0.4, -0.2) is 36.9 Å². The molecule has 19 heavy (non-hydrogen) atoms. The van der Waals surface area contributed by atoms with Crippen LogP contribution in [0.3, 0.4) is 0 Å². The Hall–Kier alpha value is -1.12. The van der Waals surface area contributed by atoms with Gasteiger partial charge >= 0.3 is 16.2 Å². The average Bonchev–Trinajstić information content (AvgIpc) is 2.85. The van der Waals surface area contributed by atoms with E-state index in [1.54, 1.807) is 12.1 Å². The molecule has 0 saturated carbocycles. The van der Waals surface area contributed by atoms with E-state index in [1.165, 1.54) is 10.4 Å². The van der Waals surface area contributed by atoms with Crippen LogP contribution in [0.25, 0.3) is 0 Å². The van der Waals surface area contributed by atoms with Gasteiger partial charge in [0.25, 0.3) is 0 Å². The number of carbonyl (C=O) groups is 1. The molecule has 1 heterocycles. The van der Waals surface area contributed by atoms with Crippen LogP contribution in [0.15, 0.2) is 22.7 Å². The fourth-order valence-corrected chi connectivity index (χ4v) is 3.87. The zero-order chi connectivity index (χ0) is 14.0. The Morgan fingerprint density at radius 3 is 2.53 bits per heavy atom. The summed E-state index contributed by atoms with van der Waals surface area (Å²) in [6.45, 7) is 0.921. The molecule has 0 amide bonds. The number of nitrogens with zero attached hydrogens (tertiary/aromatic N) is 1. The molecular weight excluding hydrogens is 336 g/mol. The summed E-state index contributed by atoms with van der Waals surface area (Å²) in [5, 5.41) is 9.08. The van der Waals surface area contributed by atoms with E-state index in [2.05, 4.69) is 20.7 Å². The van der Waals surface area contributed by atoms with Crippen molar-refractivity contribution in [1.29, 1.82) is 0 Å². The van der Waals surface area contributed by atoms with Crippen LogP contribution in [0.1, 0.15) is 23.2 Å². The minimum absolute atomic E-state index is 0.0573. The van der Waals surface area contributed by atoms with Gasteiger partial charge in [-0.15, -0.1) is 0 Å². The molecule has 104 valence electrons. The summed E-state index contributed by atoms with van der Waals surface area (Å²) in [6.07, 6.45) is 1.64. The fourth-order valence-electron chi connectivity index (χ4n) is 1.93. The molecule has 0 atom stereocenters. The normalized spacial score (nSPS) is 16.5. The van der Waals surface area contributed by atoms with Gasteiger partial charge in [0, 0.05) is 17.6 Å². The minimum Gasteiger partial charge on any atom is -0.478 e. The van der Waals surface area contributed by atoms with Crippen molar-refractivity contribution < 1.29 is 18.3 Å². The standard InChI is InChI=1S/C11H13BrN2O4S/c12-9-5-3-4-8(11(15)16)10(9)13-19(17,18)14-6-1-2-7-14/h3-5,13H,1-2,6-7H2,(H,15,16). The van der Waals surface area contributed by atoms with Gasteiger partial charge in [-0.25, -0.2) is 4.79 Å². The molecule has 2 N–H and O–H groups in total. The van der Waals surface area contributed by atoms with Crippen LogP contribution in [0, 0.1) is 0 Å². The maximum Gasteiger partial charge on any atom is 0.337 e. The maximum absolute atomic E-state index is 12.1. The highest BCUT2D eigenvalue weighted by Crippen LogP contribution is 2.28. The van der Waals surface area contributed by atoms with E-state index >= 15 is 0 Å². The quantitative estimate of drug-likeness (QED) is 0.869. The summed E-state index contributed by atoms with van der Waals surface area (Å²) in [4.78, 5) is 11.1. The van der Waals surface area contributed by atoms with Crippen LogP contribution in [0.5, 0.6) is 0 Å². The van der Waals surface area contributed by atoms with Crippen molar-refractivity contribution >= 4 is 37.8 Å². The Kier molecular flexibility index (Phi) is 4.12. The first-order chi connectivity index (χ1) is 8.92. The molecule has 8 heteroatoms. The first-order valence-corrected chi connectivity index (χ1v) is 7.95. The molecule has 0 bridgehead atoms. The van der Waals surface area contributed by atoms with Gasteiger partial charge in [-0.1, -0.05) is 6.07 Å². The van der Waals surface area contributed by atoms with Crippen LogP contribution in [0.4, 0.5) is 5.69 Å². The molecule has 1 aliphatic rings. The Morgan fingerprint density at radius 2 is 1.95 bits per heavy atom. The van der Waals surface area contributed by atoms with E-state index in [0.29, 0.717) is 17.6 Å². The molecule has 0 spiro atoms. The number of hydrogen-bond acceptors (Lipinski definition) is 3. The molecule has 0 radical (unpaired) electrons. The number of benzene rings is 1. The zero-order valence-electron chi connectivity index (χ0n) is 9.97. The third kappa shape index (κ3) is 3.07. The fraction of sp³-hybridized carbons (Fsp3) is 0.364. The van der Waals surface area contributed by atoms with E-state index in [-0.39, 0.29) is 11.3 Å². The number of hydrogen-bond donors (Lipinski definition) is 2. The minimum atomic E-state index is -3.70. The van der Waals surface area contributed by atoms with E-state index in [4.69, 9.17) is 5.11 Å². The average molecular weight is 349 g/mol. The molecule has 0 unspecified atom stereocenters. The van der Waals surface area contributed by atoms with Crippen molar-refractivity contribution in [2.45, 2.75) is 12.8 Å². The highest BCUT2D eigenvalue weighted by Gasteiger charge is 2.27. The van der Waals surface area contributed by atoms with E-state index in [1.807, 2.05) is 0 Å². The predicted molar refractivity (Wildman–Crippen MR) is 74.5 cm³/mol. The van der Waals surface area contributed by atoms with Gasteiger partial charge in [-0.3, -0.25) is 4.72 Å². The largest absolute Gasteiger partial charge is 0.478 e. The zero-order valence-corrected chi connectivity index (χ0v) is 12.4. The van der Waals surface area contributed by atoms with E-state index < -0.39 is 16.2 Å². The van der Waals surface area contributed by atoms with Crippen molar-refractivity contribution in [2.75, 3.05) is 17.8 Å². The van der Waals surface area contributed by atoms with Crippen molar-refractivity contribution in [3.8, 4) is 0 Å². The molecule has 1 fully saturated rings. The van der Waals surface area contributed by atoms with Gasteiger partial charge in [-0.05, 0) is 40.9 Å². The molecule has 2 rings (SSSR count). The van der Waals surface area contributed by atoms with Crippen LogP contribution >= 0.6 is 15.9 Å². The van der Waals surface area contributed by atoms with Crippen molar-refractivity contribution in [1.82, 2.24) is 4.31 Å². The lowest BCUT2D eigenvalue weighted by molar-refractivity contribution is 0.0698. The first kappa shape index (κ1) is 14.3. The highest BCUT2D eigenvalue weighted by atomic mass is 79.9. The van der Waals surface area contributed by atoms with Crippen LogP contribution < -0.4 is 4.72 Å². The summed E-state index contributed by atoms with van der Waals surface area (Å²) in [6, 6.07) is 4.49. The van der Waals surface area contributed by atoms with Gasteiger partial charge < -0.3 is 5.11 Å². The predicted octanol–water partition coefficient (Wildman–Crippen LogP) is 1.90. The molecule has 1 aliphatic heterocycles. The number of halogens is 1. The van der Waals surface area contributed by atoms with Crippen molar-refractivity contribution in [3.05, 3.63) is 28.2 Å². The lowest BCUT2D eigenvalue weighted by Gasteiger charge is -2.18. The Labute approximate surface area is 119 Å². The molecule has 1 aromatic rings. The Morgan fingerprint density at radius 1 is 1.32 bits per heavy atom. The Bertz CT molecular complexity index is 597. The van der Waals surface area contributed by atoms with Crippen molar-refractivity contribution in [2.24, 2.45) is 0 Å². The van der Waals surface area contributed by atoms with Crippen LogP contribution in [0.2, 0.25) is 0 Å². The Balaban J connectivity index is 2.35. The lowest BCUT2D eigenvalue weighted by Crippen LogP contribution is -2.33. The molecule has 6 nitrogen and oxygen atoms in total. The number of para-hydroxylation sites is 1. The highest BCUT2D eigenvalue weighted by molar-refractivity contribution is 9.10. The van der Waals surface area contributed by atoms with Gasteiger partial charge in [0.15, 0.2) is 0 Å². The molecule has 0 aromatic heterocycles. The van der Waals surface area contributed by atoms with E-state index in [0.717, 1.165) is 12.8 Å². The number of carboxylic acid groups (broad SMARTS) is 1. The second kappa shape index (κ2) is 5.48. The van der Waals surface area contributed by atoms with Gasteiger partial charge in [0.05, 0.1) is 11.3 Å². The maximum atomic E-state index is 12.1.